The Kier molecular flexibility index (Phi) is 22.7. The molecule has 23 heteroatoms. The molecule has 0 unspecified atom stereocenters. The average molecular weight is 800 g/mol. The van der Waals surface area contributed by atoms with Gasteiger partial charge in [0.05, 0.1) is 20.5 Å². The van der Waals surface area contributed by atoms with Crippen molar-refractivity contribution in [1.82, 2.24) is 19.9 Å². The molecule has 0 saturated heterocycles. The van der Waals surface area contributed by atoms with E-state index >= 15 is 0 Å². The normalized spacial score (nSPS) is 9.08. The Morgan fingerprint density at radius 2 is 1.06 bits per heavy atom. The number of hydrogen-bond donors (Lipinski definition) is 3. The van der Waals surface area contributed by atoms with E-state index in [1.165, 1.54) is 55.0 Å². The highest BCUT2D eigenvalue weighted by atomic mass is 35.5. The molecule has 52 heavy (non-hydrogen) atoms. The van der Waals surface area contributed by atoms with Gasteiger partial charge >= 0.3 is 17.1 Å². The van der Waals surface area contributed by atoms with Gasteiger partial charge in [0.25, 0.3) is 0 Å². The molecule has 2 amide bonds. The molecule has 0 atom stereocenters. The molecule has 0 aliphatic carbocycles. The fourth-order valence-corrected chi connectivity index (χ4v) is 3.34. The second-order valence-electron chi connectivity index (χ2n) is 8.39. The summed E-state index contributed by atoms with van der Waals surface area (Å²) in [4.78, 5) is 74.9. The van der Waals surface area contributed by atoms with E-state index in [-0.39, 0.29) is 50.8 Å². The first-order valence-electron chi connectivity index (χ1n) is 13.5. The third-order valence-corrected chi connectivity index (χ3v) is 5.80. The monoisotopic (exact) mass is 798 g/mol. The van der Waals surface area contributed by atoms with Crippen LogP contribution < -0.4 is 16.4 Å². The Bertz CT molecular complexity index is 1810. The number of aromatic nitrogens is 4. The van der Waals surface area contributed by atoms with Crippen molar-refractivity contribution in [3.63, 3.8) is 0 Å². The Hall–Kier alpha value is -6.15. The fraction of sp³-hybridized carbons (Fsp3) is 0.0690. The molecule has 274 valence electrons. The van der Waals surface area contributed by atoms with E-state index in [2.05, 4.69) is 43.7 Å². The molecule has 0 radical (unpaired) electrons. The van der Waals surface area contributed by atoms with Crippen molar-refractivity contribution in [2.75, 3.05) is 22.2 Å². The van der Waals surface area contributed by atoms with Gasteiger partial charge in [0.15, 0.2) is 5.82 Å². The van der Waals surface area contributed by atoms with Crippen molar-refractivity contribution in [2.24, 2.45) is 0 Å². The molecule has 4 rings (SSSR count). The topological polar surface area (TPSA) is 282 Å². The van der Waals surface area contributed by atoms with Crippen LogP contribution in [0.1, 0.15) is 6.42 Å². The number of nitrogens with two attached hydrogens (primary N) is 1. The second kappa shape index (κ2) is 25.8. The van der Waals surface area contributed by atoms with E-state index in [1.807, 2.05) is 0 Å². The number of halogens is 4. The Balaban J connectivity index is 0.000000639. The van der Waals surface area contributed by atoms with Gasteiger partial charge in [0.1, 0.15) is 0 Å². The predicted molar refractivity (Wildman–Crippen MR) is 195 cm³/mol. The summed E-state index contributed by atoms with van der Waals surface area (Å²) in [6.07, 6.45) is 8.14. The number of rotatable bonds is 9. The summed E-state index contributed by atoms with van der Waals surface area (Å²) in [5.74, 6) is -0.250. The minimum atomic E-state index is -0.619. The molecule has 19 nitrogen and oxygen atoms in total. The van der Waals surface area contributed by atoms with Crippen molar-refractivity contribution in [3.8, 4) is 0 Å². The van der Waals surface area contributed by atoms with Crippen LogP contribution in [-0.2, 0) is 14.4 Å². The molecular weight excluding hydrogens is 774 g/mol. The summed E-state index contributed by atoms with van der Waals surface area (Å²) in [6, 6.07) is 11.6. The molecule has 4 heterocycles. The van der Waals surface area contributed by atoms with Crippen molar-refractivity contribution in [2.45, 2.75) is 6.42 Å². The summed E-state index contributed by atoms with van der Waals surface area (Å²) in [6.45, 7) is 6.53. The lowest BCUT2D eigenvalue weighted by molar-refractivity contribution is -0.385. The second-order valence-corrected chi connectivity index (χ2v) is 9.91. The van der Waals surface area contributed by atoms with Gasteiger partial charge in [-0.2, -0.15) is 0 Å². The van der Waals surface area contributed by atoms with Crippen LogP contribution in [0.3, 0.4) is 0 Å². The number of nitro groups is 3. The van der Waals surface area contributed by atoms with Crippen molar-refractivity contribution in [3.05, 3.63) is 139 Å². The SMILES string of the molecule is C=CC(=O)Nc1ncccc1N.C=CC(=O)Nc1ncccc1[N+](=O)[O-].O=C(Cl)CCCl.O=[N+]([O-])c1cccnc1Cl.O=[N+]([O-])c1cccnc1Cl. The van der Waals surface area contributed by atoms with E-state index in [4.69, 9.17) is 52.1 Å². The lowest BCUT2D eigenvalue weighted by atomic mass is 10.4. The van der Waals surface area contributed by atoms with Gasteiger partial charge in [-0.1, -0.05) is 36.4 Å². The molecule has 0 spiro atoms. The Morgan fingerprint density at radius 1 is 0.692 bits per heavy atom. The van der Waals surface area contributed by atoms with Gasteiger partial charge in [-0.3, -0.25) is 44.7 Å². The van der Waals surface area contributed by atoms with Crippen LogP contribution in [0, 0.1) is 30.3 Å². The molecule has 0 fully saturated rings. The van der Waals surface area contributed by atoms with Crippen LogP contribution in [0.4, 0.5) is 34.4 Å². The van der Waals surface area contributed by atoms with Crippen molar-refractivity contribution >= 4 is 97.8 Å². The lowest BCUT2D eigenvalue weighted by Gasteiger charge is -2.02. The van der Waals surface area contributed by atoms with E-state index in [9.17, 15) is 44.7 Å². The summed E-state index contributed by atoms with van der Waals surface area (Å²) < 4.78 is 0. The van der Waals surface area contributed by atoms with Crippen LogP contribution in [-0.4, -0.2) is 57.6 Å². The number of carbonyl (C=O) groups is 3. The zero-order valence-corrected chi connectivity index (χ0v) is 29.3. The quantitative estimate of drug-likeness (QED) is 0.0403. The van der Waals surface area contributed by atoms with Gasteiger partial charge in [-0.25, -0.2) is 19.9 Å². The summed E-state index contributed by atoms with van der Waals surface area (Å²) in [5, 5.41) is 34.9. The molecule has 0 aromatic carbocycles. The van der Waals surface area contributed by atoms with E-state index in [1.54, 1.807) is 18.3 Å². The van der Waals surface area contributed by atoms with Gasteiger partial charge in [0, 0.05) is 55.3 Å². The standard InChI is InChI=1S/C8H7N3O3.C8H9N3O.2C5H3ClN2O2.C3H4Cl2O/c1-2-7(12)10-8-6(11(13)14)4-3-5-9-8;1-2-7(12)11-8-6(9)4-3-5-10-8;2*6-5-4(8(9)10)2-1-3-7-5;4-2-1-3(5)6/h2-5H,1H2,(H,9,10,12);2-5H,1,9H2,(H,10,11,12);2*1-3H;1-2H2. The highest BCUT2D eigenvalue weighted by Crippen LogP contribution is 2.21. The lowest BCUT2D eigenvalue weighted by Crippen LogP contribution is -2.10. The number of nitrogen functional groups attached to an aromatic ring is 1. The average Bonchev–Trinajstić information content (AvgIpc) is 3.10. The molecule has 4 aromatic rings. The minimum Gasteiger partial charge on any atom is -0.396 e. The molecule has 0 saturated carbocycles. The van der Waals surface area contributed by atoms with Gasteiger partial charge in [-0.15, -0.1) is 11.6 Å². The maximum atomic E-state index is 10.9. The number of pyridine rings is 4. The zero-order chi connectivity index (χ0) is 39.6. The maximum absolute atomic E-state index is 10.9. The third kappa shape index (κ3) is 19.1. The first-order chi connectivity index (χ1) is 24.6. The van der Waals surface area contributed by atoms with E-state index in [0.29, 0.717) is 17.4 Å². The summed E-state index contributed by atoms with van der Waals surface area (Å²) in [5.41, 5.74) is 5.38. The number of anilines is 3. The number of nitrogens with zero attached hydrogens (tertiary/aromatic N) is 7. The molecule has 0 aliphatic heterocycles. The highest BCUT2D eigenvalue weighted by Gasteiger charge is 2.15. The first kappa shape index (κ1) is 45.9. The van der Waals surface area contributed by atoms with Crippen molar-refractivity contribution in [1.29, 1.82) is 0 Å². The fourth-order valence-electron chi connectivity index (χ4n) is 2.60. The van der Waals surface area contributed by atoms with Gasteiger partial charge < -0.3 is 16.4 Å². The first-order valence-corrected chi connectivity index (χ1v) is 15.2. The van der Waals surface area contributed by atoms with E-state index < -0.39 is 20.7 Å². The van der Waals surface area contributed by atoms with Crippen LogP contribution in [0.15, 0.2) is 98.6 Å². The summed E-state index contributed by atoms with van der Waals surface area (Å²) >= 11 is 20.7. The molecular formula is C29H26Cl4N10O9. The number of hydrogen-bond acceptors (Lipinski definition) is 14. The largest absolute Gasteiger partial charge is 0.396 e. The number of alkyl halides is 1. The molecule has 0 bridgehead atoms. The highest BCUT2D eigenvalue weighted by molar-refractivity contribution is 6.63. The summed E-state index contributed by atoms with van der Waals surface area (Å²) in [7, 11) is 0. The number of amides is 2. The molecule has 4 aromatic heterocycles. The maximum Gasteiger partial charge on any atom is 0.311 e. The molecule has 0 aliphatic rings. The van der Waals surface area contributed by atoms with Crippen LogP contribution in [0.2, 0.25) is 10.3 Å². The van der Waals surface area contributed by atoms with Gasteiger partial charge in [0.2, 0.25) is 33.2 Å². The minimum absolute atomic E-state index is 0.0764. The Morgan fingerprint density at radius 3 is 1.37 bits per heavy atom. The Labute approximate surface area is 314 Å². The van der Waals surface area contributed by atoms with Gasteiger partial charge in [-0.05, 0) is 54.1 Å². The number of nitrogens with one attached hydrogen (secondary N) is 2. The van der Waals surface area contributed by atoms with Crippen LogP contribution in [0.25, 0.3) is 0 Å². The number of carbonyl (C=O) groups excluding carboxylic acids is 3. The predicted octanol–water partition coefficient (Wildman–Crippen LogP) is 6.57. The molecule has 4 N–H and O–H groups in total. The smallest absolute Gasteiger partial charge is 0.311 e. The van der Waals surface area contributed by atoms with Crippen molar-refractivity contribution < 1.29 is 29.2 Å². The third-order valence-electron chi connectivity index (χ3n) is 4.84. The zero-order valence-electron chi connectivity index (χ0n) is 26.3. The van der Waals surface area contributed by atoms with E-state index in [0.717, 1.165) is 12.2 Å². The van der Waals surface area contributed by atoms with Crippen LogP contribution in [0.5, 0.6) is 0 Å². The van der Waals surface area contributed by atoms with Crippen LogP contribution >= 0.6 is 46.4 Å².